The Morgan fingerprint density at radius 3 is 1.49 bits per heavy atom. The Bertz CT molecular complexity index is 3730. The lowest BCUT2D eigenvalue weighted by Gasteiger charge is -2.22. The maximum atomic E-state index is 13.5. The molecule has 0 spiro atoms. The number of fused-ring (bicyclic) bond motifs is 6. The van der Waals surface area contributed by atoms with Gasteiger partial charge in [0.05, 0.1) is 74.6 Å². The van der Waals surface area contributed by atoms with E-state index >= 15 is 0 Å². The highest BCUT2D eigenvalue weighted by atomic mass is 79.9. The number of hydrogen-bond acceptors (Lipinski definition) is 14. The number of aryl methyl sites for hydroxylation is 2. The summed E-state index contributed by atoms with van der Waals surface area (Å²) >= 11 is 16.7. The molecule has 20 nitrogen and oxygen atoms in total. The molecule has 2 saturated heterocycles. The molecule has 8 heterocycles. The molecule has 0 N–H and O–H groups in total. The van der Waals surface area contributed by atoms with Gasteiger partial charge in [-0.2, -0.15) is 0 Å². The van der Waals surface area contributed by atoms with Gasteiger partial charge in [-0.3, -0.25) is 28.0 Å². The number of amides is 2. The van der Waals surface area contributed by atoms with Crippen LogP contribution in [0.2, 0.25) is 10.0 Å². The fourth-order valence-corrected chi connectivity index (χ4v) is 12.9. The summed E-state index contributed by atoms with van der Waals surface area (Å²) in [6, 6.07) is 11.9. The van der Waals surface area contributed by atoms with Gasteiger partial charge < -0.3 is 19.3 Å². The number of hydrogen-bond donors (Lipinski definition) is 0. The molecule has 0 unspecified atom stereocenters. The number of carbonyl (C=O) groups excluding carboxylic acids is 4. The molecule has 25 heteroatoms. The van der Waals surface area contributed by atoms with Gasteiger partial charge in [0.25, 0.3) is 20.0 Å². The molecule has 2 aliphatic rings. The minimum Gasteiger partial charge on any atom is -0.461 e. The van der Waals surface area contributed by atoms with Gasteiger partial charge in [0.2, 0.25) is 11.8 Å². The van der Waals surface area contributed by atoms with Crippen LogP contribution in [0.25, 0.3) is 33.4 Å². The number of halogens is 3. The molecule has 71 heavy (non-hydrogen) atoms. The Morgan fingerprint density at radius 2 is 1.04 bits per heavy atom. The van der Waals surface area contributed by atoms with Gasteiger partial charge in [0.15, 0.2) is 11.3 Å². The zero-order valence-corrected chi connectivity index (χ0v) is 43.4. The van der Waals surface area contributed by atoms with E-state index in [2.05, 4.69) is 35.9 Å². The molecular weight excluding hydrogens is 1070 g/mol. The second-order valence-electron chi connectivity index (χ2n) is 17.2. The van der Waals surface area contributed by atoms with Gasteiger partial charge in [-0.1, -0.05) is 58.6 Å². The normalized spacial score (nSPS) is 18.4. The van der Waals surface area contributed by atoms with Gasteiger partial charge >= 0.3 is 11.9 Å². The van der Waals surface area contributed by atoms with Crippen molar-refractivity contribution < 1.29 is 45.5 Å². The third-order valence-corrected chi connectivity index (χ3v) is 16.8. The minimum atomic E-state index is -4.00. The van der Waals surface area contributed by atoms with Crippen molar-refractivity contribution in [2.24, 2.45) is 0 Å². The van der Waals surface area contributed by atoms with Crippen LogP contribution in [-0.2, 0) is 48.7 Å². The molecule has 2 fully saturated rings. The van der Waals surface area contributed by atoms with Crippen LogP contribution < -0.4 is 0 Å². The lowest BCUT2D eigenvalue weighted by Crippen LogP contribution is -2.31. The van der Waals surface area contributed by atoms with Gasteiger partial charge in [0.1, 0.15) is 39.5 Å². The highest BCUT2D eigenvalue weighted by Gasteiger charge is 2.41. The number of benzene rings is 2. The minimum absolute atomic E-state index is 0.0957. The molecule has 8 aromatic rings. The van der Waals surface area contributed by atoms with Crippen LogP contribution in [0.4, 0.5) is 0 Å². The Balaban J connectivity index is 0.000000176. The first-order valence-corrected chi connectivity index (χ1v) is 26.3. The molecule has 6 aromatic heterocycles. The monoisotopic (exact) mass is 1110 g/mol. The molecule has 2 amide bonds. The molecule has 4 atom stereocenters. The van der Waals surface area contributed by atoms with E-state index < -0.39 is 56.3 Å². The smallest absolute Gasteiger partial charge is 0.302 e. The van der Waals surface area contributed by atoms with Crippen LogP contribution in [-0.4, -0.2) is 112 Å². The summed E-state index contributed by atoms with van der Waals surface area (Å²) in [4.78, 5) is 69.2. The maximum Gasteiger partial charge on any atom is 0.302 e. The number of imidazole rings is 2. The first-order valence-electron chi connectivity index (χ1n) is 21.9. The quantitative estimate of drug-likeness (QED) is 0.140. The molecule has 2 aromatic carbocycles. The van der Waals surface area contributed by atoms with Crippen LogP contribution >= 0.6 is 39.1 Å². The average molecular weight is 1110 g/mol. The lowest BCUT2D eigenvalue weighted by atomic mass is 10.2. The van der Waals surface area contributed by atoms with E-state index in [9.17, 15) is 36.0 Å². The summed E-state index contributed by atoms with van der Waals surface area (Å²) in [6.45, 7) is 9.71. The Hall–Kier alpha value is -6.40. The molecule has 0 bridgehead atoms. The Kier molecular flexibility index (Phi) is 13.0. The van der Waals surface area contributed by atoms with Crippen LogP contribution in [0.3, 0.4) is 0 Å². The van der Waals surface area contributed by atoms with E-state index in [0.29, 0.717) is 51.2 Å². The summed E-state index contributed by atoms with van der Waals surface area (Å²) in [5, 5.41) is 0.311. The number of likely N-dealkylation sites (tertiary alicyclic amines) is 2. The van der Waals surface area contributed by atoms with Crippen LogP contribution in [0, 0.1) is 13.8 Å². The van der Waals surface area contributed by atoms with Crippen LogP contribution in [0.15, 0.2) is 93.9 Å². The van der Waals surface area contributed by atoms with Crippen molar-refractivity contribution in [1.29, 1.82) is 0 Å². The standard InChI is InChI=1S/C23H21BrClN5O5S.C23H22ClN5O5S/c1-12-4-6-16(7-5-12)36(33,34)29-11-17(25)20-23(29)26-9-19-21(24)27-22(30(19)20)18-8-15(35-14(3)32)10-28(18)13(2)31;1-13-4-6-18(7-5-13)35(32,33)28-12-19(24)21-23(28)26-10-16-9-25-22(29(16)21)20-8-17(34-15(3)31)11-27(20)14(2)30/h4-7,9,11,15,18H,8,10H2,1-3H3;4-7,9-10,12,17,20H,8,11H2,1-3H3/t15-,18-;17-,20-/m11/s1. The number of esters is 2. The molecule has 0 saturated carbocycles. The predicted octanol–water partition coefficient (Wildman–Crippen LogP) is 6.98. The summed E-state index contributed by atoms with van der Waals surface area (Å²) in [6.07, 6.45) is 6.92. The summed E-state index contributed by atoms with van der Waals surface area (Å²) in [5.41, 5.74) is 3.92. The van der Waals surface area contributed by atoms with E-state index in [0.717, 1.165) is 19.1 Å². The Morgan fingerprint density at radius 1 is 0.620 bits per heavy atom. The summed E-state index contributed by atoms with van der Waals surface area (Å²) < 4.78 is 70.5. The first-order chi connectivity index (χ1) is 33.6. The highest BCUT2D eigenvalue weighted by Crippen LogP contribution is 2.40. The topological polar surface area (TPSA) is 232 Å². The number of carbonyl (C=O) groups is 4. The molecular formula is C46H43BrCl2N10O10S2. The maximum absolute atomic E-state index is 13.5. The van der Waals surface area contributed by atoms with Gasteiger partial charge in [-0.25, -0.2) is 44.7 Å². The second kappa shape index (κ2) is 18.7. The molecule has 0 aliphatic carbocycles. The predicted molar refractivity (Wildman–Crippen MR) is 263 cm³/mol. The molecule has 2 aliphatic heterocycles. The van der Waals surface area contributed by atoms with E-state index in [-0.39, 0.29) is 56.0 Å². The Labute approximate surface area is 424 Å². The van der Waals surface area contributed by atoms with E-state index in [1.165, 1.54) is 76.7 Å². The third kappa shape index (κ3) is 8.91. The summed E-state index contributed by atoms with van der Waals surface area (Å²) in [7, 11) is -7.98. The van der Waals surface area contributed by atoms with E-state index in [4.69, 9.17) is 32.7 Å². The third-order valence-electron chi connectivity index (χ3n) is 12.3. The largest absolute Gasteiger partial charge is 0.461 e. The first kappa shape index (κ1) is 49.6. The van der Waals surface area contributed by atoms with E-state index in [1.807, 2.05) is 13.8 Å². The average Bonchev–Trinajstić information content (AvgIpc) is 4.17. The van der Waals surface area contributed by atoms with Crippen molar-refractivity contribution in [3.05, 3.63) is 117 Å². The zero-order valence-electron chi connectivity index (χ0n) is 38.6. The van der Waals surface area contributed by atoms with Crippen molar-refractivity contribution in [3.8, 4) is 0 Å². The number of rotatable bonds is 8. The van der Waals surface area contributed by atoms with Crippen molar-refractivity contribution in [3.63, 3.8) is 0 Å². The van der Waals surface area contributed by atoms with Gasteiger partial charge in [0, 0.05) is 52.9 Å². The molecule has 0 radical (unpaired) electrons. The second-order valence-corrected chi connectivity index (χ2v) is 22.4. The van der Waals surface area contributed by atoms with Crippen molar-refractivity contribution in [1.82, 2.24) is 46.5 Å². The molecule has 370 valence electrons. The highest BCUT2D eigenvalue weighted by molar-refractivity contribution is 9.10. The van der Waals surface area contributed by atoms with Gasteiger partial charge in [-0.15, -0.1) is 0 Å². The van der Waals surface area contributed by atoms with Crippen LogP contribution in [0.5, 0.6) is 0 Å². The summed E-state index contributed by atoms with van der Waals surface area (Å²) in [5.74, 6) is -0.353. The van der Waals surface area contributed by atoms with Crippen molar-refractivity contribution in [2.45, 2.75) is 88.5 Å². The number of nitrogens with zero attached hydrogens (tertiary/aromatic N) is 10. The fourth-order valence-electron chi connectivity index (χ4n) is 9.15. The fraction of sp³-hybridized carbons (Fsp3) is 0.304. The lowest BCUT2D eigenvalue weighted by molar-refractivity contribution is -0.147. The zero-order chi connectivity index (χ0) is 51.0. The van der Waals surface area contributed by atoms with Crippen molar-refractivity contribution >= 4 is 116 Å². The number of aromatic nitrogens is 8. The van der Waals surface area contributed by atoms with Crippen molar-refractivity contribution in [2.75, 3.05) is 13.1 Å². The SMILES string of the molecule is CC(=O)O[C@@H]1C[C@H](c2nc(Br)c3cnc4c(c(Cl)cn4S(=O)(=O)c4ccc(C)cc4)n23)N(C(C)=O)C1.CC(=O)O[C@@H]1C[C@H](c2ncc3cnc4c(c(Cl)cn4S(=O)(=O)c4ccc(C)cc4)n23)N(C(C)=O)C1. The molecule has 10 rings (SSSR count). The number of ether oxygens (including phenoxy) is 2. The van der Waals surface area contributed by atoms with Gasteiger partial charge in [-0.05, 0) is 54.0 Å². The van der Waals surface area contributed by atoms with Crippen LogP contribution in [0.1, 0.15) is 75.4 Å². The van der Waals surface area contributed by atoms with E-state index in [1.54, 1.807) is 49.1 Å².